The average Bonchev–Trinajstić information content (AvgIpc) is 2.17. The van der Waals surface area contributed by atoms with E-state index in [-0.39, 0.29) is 5.56 Å². The standard InChI is InChI=1S/C11H12F2O2/c1-11(2,10(14)15)9(13)7-3-5-8(12)6-4-7/h3-6,9H,1-2H3,(H,14,15). The zero-order valence-corrected chi connectivity index (χ0v) is 8.50. The van der Waals surface area contributed by atoms with Gasteiger partial charge in [0, 0.05) is 0 Å². The van der Waals surface area contributed by atoms with E-state index in [2.05, 4.69) is 0 Å². The summed E-state index contributed by atoms with van der Waals surface area (Å²) in [5, 5.41) is 8.81. The minimum absolute atomic E-state index is 0.170. The number of alkyl halides is 1. The Hall–Kier alpha value is -1.45. The minimum Gasteiger partial charge on any atom is -0.481 e. The summed E-state index contributed by atoms with van der Waals surface area (Å²) < 4.78 is 26.4. The second-order valence-electron chi connectivity index (χ2n) is 3.94. The lowest BCUT2D eigenvalue weighted by molar-refractivity contribution is -0.150. The zero-order chi connectivity index (χ0) is 11.6. The molecule has 0 aliphatic rings. The van der Waals surface area contributed by atoms with Gasteiger partial charge in [-0.1, -0.05) is 12.1 Å². The van der Waals surface area contributed by atoms with E-state index < -0.39 is 23.4 Å². The quantitative estimate of drug-likeness (QED) is 0.839. The Bertz CT molecular complexity index is 357. The Labute approximate surface area is 86.5 Å². The van der Waals surface area contributed by atoms with Gasteiger partial charge in [-0.15, -0.1) is 0 Å². The smallest absolute Gasteiger partial charge is 0.312 e. The molecule has 0 amide bonds. The first-order chi connectivity index (χ1) is 6.85. The van der Waals surface area contributed by atoms with Crippen LogP contribution < -0.4 is 0 Å². The van der Waals surface area contributed by atoms with Crippen LogP contribution in [0.15, 0.2) is 24.3 Å². The lowest BCUT2D eigenvalue weighted by atomic mass is 9.84. The summed E-state index contributed by atoms with van der Waals surface area (Å²) in [4.78, 5) is 10.8. The van der Waals surface area contributed by atoms with Crippen molar-refractivity contribution in [2.75, 3.05) is 0 Å². The maximum atomic E-state index is 13.8. The van der Waals surface area contributed by atoms with E-state index in [4.69, 9.17) is 5.11 Å². The second kappa shape index (κ2) is 3.96. The van der Waals surface area contributed by atoms with Gasteiger partial charge in [0.05, 0.1) is 5.41 Å². The van der Waals surface area contributed by atoms with Crippen molar-refractivity contribution in [1.82, 2.24) is 0 Å². The molecule has 0 bridgehead atoms. The number of carboxylic acids is 1. The van der Waals surface area contributed by atoms with Gasteiger partial charge in [-0.25, -0.2) is 8.78 Å². The summed E-state index contributed by atoms with van der Waals surface area (Å²) >= 11 is 0. The Morgan fingerprint density at radius 1 is 1.33 bits per heavy atom. The van der Waals surface area contributed by atoms with Crippen molar-refractivity contribution in [3.8, 4) is 0 Å². The Balaban J connectivity index is 2.99. The van der Waals surface area contributed by atoms with E-state index in [9.17, 15) is 13.6 Å². The van der Waals surface area contributed by atoms with E-state index in [0.29, 0.717) is 0 Å². The van der Waals surface area contributed by atoms with Crippen molar-refractivity contribution >= 4 is 5.97 Å². The molecule has 0 fully saturated rings. The number of halogens is 2. The van der Waals surface area contributed by atoms with Crippen molar-refractivity contribution in [3.63, 3.8) is 0 Å². The zero-order valence-electron chi connectivity index (χ0n) is 8.50. The fourth-order valence-corrected chi connectivity index (χ4v) is 1.16. The molecule has 0 spiro atoms. The van der Waals surface area contributed by atoms with Gasteiger partial charge in [-0.3, -0.25) is 4.79 Å². The van der Waals surface area contributed by atoms with E-state index in [1.54, 1.807) is 0 Å². The first kappa shape index (κ1) is 11.6. The van der Waals surface area contributed by atoms with E-state index >= 15 is 0 Å². The lowest BCUT2D eigenvalue weighted by Crippen LogP contribution is -2.29. The second-order valence-corrected chi connectivity index (χ2v) is 3.94. The molecule has 1 aromatic carbocycles. The van der Waals surface area contributed by atoms with Crippen LogP contribution in [0.3, 0.4) is 0 Å². The number of benzene rings is 1. The average molecular weight is 214 g/mol. The van der Waals surface area contributed by atoms with Crippen molar-refractivity contribution in [3.05, 3.63) is 35.6 Å². The van der Waals surface area contributed by atoms with Crippen LogP contribution in [-0.4, -0.2) is 11.1 Å². The van der Waals surface area contributed by atoms with Gasteiger partial charge >= 0.3 is 5.97 Å². The molecule has 0 heterocycles. The van der Waals surface area contributed by atoms with Crippen molar-refractivity contribution in [1.29, 1.82) is 0 Å². The lowest BCUT2D eigenvalue weighted by Gasteiger charge is -2.23. The van der Waals surface area contributed by atoms with Crippen LogP contribution in [0.2, 0.25) is 0 Å². The number of carboxylic acid groups (broad SMARTS) is 1. The molecule has 0 aromatic heterocycles. The first-order valence-electron chi connectivity index (χ1n) is 4.48. The van der Waals surface area contributed by atoms with Crippen LogP contribution >= 0.6 is 0 Å². The molecule has 0 saturated heterocycles. The molecule has 0 radical (unpaired) electrons. The molecule has 0 saturated carbocycles. The summed E-state index contributed by atoms with van der Waals surface area (Å²) in [6, 6.07) is 4.73. The van der Waals surface area contributed by atoms with Crippen molar-refractivity contribution in [2.24, 2.45) is 5.41 Å². The SMILES string of the molecule is CC(C)(C(=O)O)C(F)c1ccc(F)cc1. The van der Waals surface area contributed by atoms with Gasteiger partial charge in [0.2, 0.25) is 0 Å². The number of hydrogen-bond acceptors (Lipinski definition) is 1. The molecule has 1 unspecified atom stereocenters. The Morgan fingerprint density at radius 2 is 1.80 bits per heavy atom. The molecule has 15 heavy (non-hydrogen) atoms. The number of hydrogen-bond donors (Lipinski definition) is 1. The molecule has 1 atom stereocenters. The van der Waals surface area contributed by atoms with Gasteiger partial charge in [0.25, 0.3) is 0 Å². The normalized spacial score (nSPS) is 13.6. The molecular weight excluding hydrogens is 202 g/mol. The first-order valence-corrected chi connectivity index (χ1v) is 4.48. The maximum absolute atomic E-state index is 13.8. The van der Waals surface area contributed by atoms with Crippen LogP contribution in [0.1, 0.15) is 25.6 Å². The van der Waals surface area contributed by atoms with Crippen molar-refractivity contribution in [2.45, 2.75) is 20.0 Å². The van der Waals surface area contributed by atoms with Gasteiger partial charge < -0.3 is 5.11 Å². The molecule has 1 rings (SSSR count). The summed E-state index contributed by atoms with van der Waals surface area (Å²) in [5.74, 6) is -1.70. The monoisotopic (exact) mass is 214 g/mol. The number of rotatable bonds is 3. The predicted molar refractivity (Wildman–Crippen MR) is 51.7 cm³/mol. The Morgan fingerprint density at radius 3 is 2.20 bits per heavy atom. The largest absolute Gasteiger partial charge is 0.481 e. The third-order valence-corrected chi connectivity index (χ3v) is 2.35. The molecule has 1 N–H and O–H groups in total. The molecule has 0 aliphatic heterocycles. The van der Waals surface area contributed by atoms with Crippen molar-refractivity contribution < 1.29 is 18.7 Å². The third-order valence-electron chi connectivity index (χ3n) is 2.35. The fraction of sp³-hybridized carbons (Fsp3) is 0.364. The molecular formula is C11H12F2O2. The molecule has 1 aromatic rings. The minimum atomic E-state index is -1.66. The summed E-state index contributed by atoms with van der Waals surface area (Å²) in [5.41, 5.74) is -1.35. The molecule has 0 aliphatic carbocycles. The number of carbonyl (C=O) groups is 1. The highest BCUT2D eigenvalue weighted by Gasteiger charge is 2.38. The van der Waals surface area contributed by atoms with Crippen LogP contribution in [0.4, 0.5) is 8.78 Å². The summed E-state index contributed by atoms with van der Waals surface area (Å²) in [6.45, 7) is 2.59. The van der Waals surface area contributed by atoms with E-state index in [1.807, 2.05) is 0 Å². The van der Waals surface area contributed by atoms with Gasteiger partial charge in [0.15, 0.2) is 0 Å². The maximum Gasteiger partial charge on any atom is 0.312 e. The van der Waals surface area contributed by atoms with Gasteiger partial charge in [0.1, 0.15) is 12.0 Å². The topological polar surface area (TPSA) is 37.3 Å². The van der Waals surface area contributed by atoms with E-state index in [1.165, 1.54) is 26.0 Å². The summed E-state index contributed by atoms with van der Waals surface area (Å²) in [7, 11) is 0. The highest BCUT2D eigenvalue weighted by Crippen LogP contribution is 2.36. The fourth-order valence-electron chi connectivity index (χ4n) is 1.16. The number of aliphatic carboxylic acids is 1. The molecule has 4 heteroatoms. The van der Waals surface area contributed by atoms with Crippen LogP contribution in [0, 0.1) is 11.2 Å². The third kappa shape index (κ3) is 2.32. The highest BCUT2D eigenvalue weighted by molar-refractivity contribution is 5.74. The Kier molecular flexibility index (Phi) is 3.07. The molecule has 2 nitrogen and oxygen atoms in total. The predicted octanol–water partition coefficient (Wildman–Crippen LogP) is 2.95. The van der Waals surface area contributed by atoms with Gasteiger partial charge in [-0.05, 0) is 31.5 Å². The summed E-state index contributed by atoms with van der Waals surface area (Å²) in [6.07, 6.45) is -1.66. The van der Waals surface area contributed by atoms with E-state index in [0.717, 1.165) is 12.1 Å². The van der Waals surface area contributed by atoms with Crippen LogP contribution in [0.25, 0.3) is 0 Å². The van der Waals surface area contributed by atoms with Gasteiger partial charge in [-0.2, -0.15) is 0 Å². The highest BCUT2D eigenvalue weighted by atomic mass is 19.1. The molecule has 82 valence electrons. The van der Waals surface area contributed by atoms with Crippen LogP contribution in [0.5, 0.6) is 0 Å². The van der Waals surface area contributed by atoms with Crippen LogP contribution in [-0.2, 0) is 4.79 Å².